The van der Waals surface area contributed by atoms with Crippen molar-refractivity contribution < 1.29 is 9.53 Å². The summed E-state index contributed by atoms with van der Waals surface area (Å²) in [6, 6.07) is 7.49. The van der Waals surface area contributed by atoms with Crippen molar-refractivity contribution >= 4 is 32.7 Å². The normalized spacial score (nSPS) is 10.3. The number of carbonyl (C=O) groups excluding carboxylic acids is 1. The van der Waals surface area contributed by atoms with E-state index >= 15 is 0 Å². The standard InChI is InChI=1S/C11H8BrNO2/c1-15-11(14)10-5-8-7(6-13-10)3-2-4-9(8)12/h2-6H,1H3. The Hall–Kier alpha value is -1.42. The van der Waals surface area contributed by atoms with Gasteiger partial charge in [0.05, 0.1) is 7.11 Å². The lowest BCUT2D eigenvalue weighted by molar-refractivity contribution is 0.0594. The lowest BCUT2D eigenvalue weighted by atomic mass is 10.1. The summed E-state index contributed by atoms with van der Waals surface area (Å²) in [5.41, 5.74) is 0.317. The van der Waals surface area contributed by atoms with Gasteiger partial charge in [0, 0.05) is 16.1 Å². The zero-order valence-corrected chi connectivity index (χ0v) is 9.61. The van der Waals surface area contributed by atoms with Crippen molar-refractivity contribution in [2.75, 3.05) is 7.11 Å². The van der Waals surface area contributed by atoms with E-state index in [0.29, 0.717) is 5.69 Å². The van der Waals surface area contributed by atoms with Gasteiger partial charge >= 0.3 is 5.97 Å². The molecule has 0 fully saturated rings. The maximum Gasteiger partial charge on any atom is 0.356 e. The molecule has 15 heavy (non-hydrogen) atoms. The molecule has 0 aliphatic heterocycles. The Balaban J connectivity index is 2.64. The van der Waals surface area contributed by atoms with Crippen LogP contribution in [0, 0.1) is 0 Å². The Morgan fingerprint density at radius 3 is 3.00 bits per heavy atom. The SMILES string of the molecule is COC(=O)c1cc2c(Br)cccc2cn1. The van der Waals surface area contributed by atoms with Crippen molar-refractivity contribution in [3.05, 3.63) is 40.6 Å². The molecule has 1 heterocycles. The lowest BCUT2D eigenvalue weighted by Gasteiger charge is -2.02. The monoisotopic (exact) mass is 265 g/mol. The minimum atomic E-state index is -0.423. The van der Waals surface area contributed by atoms with E-state index in [1.54, 1.807) is 12.3 Å². The van der Waals surface area contributed by atoms with Gasteiger partial charge in [0.2, 0.25) is 0 Å². The Morgan fingerprint density at radius 1 is 1.47 bits per heavy atom. The van der Waals surface area contributed by atoms with Crippen LogP contribution >= 0.6 is 15.9 Å². The zero-order valence-electron chi connectivity index (χ0n) is 8.03. The quantitative estimate of drug-likeness (QED) is 0.745. The predicted molar refractivity (Wildman–Crippen MR) is 60.8 cm³/mol. The summed E-state index contributed by atoms with van der Waals surface area (Å²) >= 11 is 3.42. The molecule has 76 valence electrons. The Bertz CT molecular complexity index is 525. The van der Waals surface area contributed by atoms with E-state index in [4.69, 9.17) is 0 Å². The minimum absolute atomic E-state index is 0.317. The molecule has 4 heteroatoms. The van der Waals surface area contributed by atoms with Crippen molar-refractivity contribution in [1.82, 2.24) is 4.98 Å². The maximum absolute atomic E-state index is 11.3. The molecule has 2 aromatic rings. The number of pyridine rings is 1. The third kappa shape index (κ3) is 1.85. The van der Waals surface area contributed by atoms with Crippen LogP contribution in [0.1, 0.15) is 10.5 Å². The van der Waals surface area contributed by atoms with Gasteiger partial charge in [-0.05, 0) is 17.5 Å². The summed E-state index contributed by atoms with van der Waals surface area (Å²) < 4.78 is 5.55. The van der Waals surface area contributed by atoms with Crippen LogP contribution in [-0.4, -0.2) is 18.1 Å². The van der Waals surface area contributed by atoms with Gasteiger partial charge in [-0.2, -0.15) is 0 Å². The number of fused-ring (bicyclic) bond motifs is 1. The molecule has 2 rings (SSSR count). The number of ether oxygens (including phenoxy) is 1. The van der Waals surface area contributed by atoms with Gasteiger partial charge in [0.15, 0.2) is 0 Å². The second-order valence-electron chi connectivity index (χ2n) is 3.02. The molecule has 3 nitrogen and oxygen atoms in total. The van der Waals surface area contributed by atoms with Crippen LogP contribution in [-0.2, 0) is 4.74 Å². The van der Waals surface area contributed by atoms with E-state index in [1.807, 2.05) is 18.2 Å². The van der Waals surface area contributed by atoms with Crippen molar-refractivity contribution in [2.24, 2.45) is 0 Å². The van der Waals surface area contributed by atoms with Gasteiger partial charge in [-0.1, -0.05) is 28.1 Å². The van der Waals surface area contributed by atoms with Crippen molar-refractivity contribution in [3.8, 4) is 0 Å². The molecule has 1 aromatic heterocycles. The van der Waals surface area contributed by atoms with Crippen molar-refractivity contribution in [2.45, 2.75) is 0 Å². The molecule has 0 bridgehead atoms. The number of carbonyl (C=O) groups is 1. The molecule has 0 spiro atoms. The smallest absolute Gasteiger partial charge is 0.356 e. The van der Waals surface area contributed by atoms with E-state index in [0.717, 1.165) is 15.2 Å². The number of esters is 1. The van der Waals surface area contributed by atoms with Gasteiger partial charge in [0.1, 0.15) is 5.69 Å². The first-order chi connectivity index (χ1) is 7.22. The van der Waals surface area contributed by atoms with E-state index in [9.17, 15) is 4.79 Å². The zero-order chi connectivity index (χ0) is 10.8. The predicted octanol–water partition coefficient (Wildman–Crippen LogP) is 2.78. The van der Waals surface area contributed by atoms with Gasteiger partial charge in [-0.15, -0.1) is 0 Å². The van der Waals surface area contributed by atoms with Gasteiger partial charge in [0.25, 0.3) is 0 Å². The minimum Gasteiger partial charge on any atom is -0.464 e. The molecular weight excluding hydrogens is 258 g/mol. The number of rotatable bonds is 1. The van der Waals surface area contributed by atoms with E-state index in [-0.39, 0.29) is 0 Å². The number of aromatic nitrogens is 1. The Morgan fingerprint density at radius 2 is 2.27 bits per heavy atom. The molecule has 0 amide bonds. The van der Waals surface area contributed by atoms with Crippen LogP contribution in [0.15, 0.2) is 34.9 Å². The highest BCUT2D eigenvalue weighted by molar-refractivity contribution is 9.10. The topological polar surface area (TPSA) is 39.2 Å². The van der Waals surface area contributed by atoms with Crippen molar-refractivity contribution in [1.29, 1.82) is 0 Å². The van der Waals surface area contributed by atoms with Crippen LogP contribution in [0.3, 0.4) is 0 Å². The fraction of sp³-hybridized carbons (Fsp3) is 0.0909. The second kappa shape index (κ2) is 3.98. The fourth-order valence-electron chi connectivity index (χ4n) is 1.35. The number of benzene rings is 1. The van der Waals surface area contributed by atoms with Crippen LogP contribution in [0.2, 0.25) is 0 Å². The average molecular weight is 266 g/mol. The van der Waals surface area contributed by atoms with Crippen molar-refractivity contribution in [3.63, 3.8) is 0 Å². The van der Waals surface area contributed by atoms with Gasteiger partial charge < -0.3 is 4.74 Å². The first-order valence-corrected chi connectivity index (χ1v) is 5.14. The van der Waals surface area contributed by atoms with Gasteiger partial charge in [-0.3, -0.25) is 0 Å². The summed E-state index contributed by atoms with van der Waals surface area (Å²) in [7, 11) is 1.34. The van der Waals surface area contributed by atoms with Crippen LogP contribution in [0.25, 0.3) is 10.8 Å². The van der Waals surface area contributed by atoms with E-state index in [1.165, 1.54) is 7.11 Å². The summed E-state index contributed by atoms with van der Waals surface area (Å²) in [5.74, 6) is -0.423. The fourth-order valence-corrected chi connectivity index (χ4v) is 1.84. The molecule has 0 saturated heterocycles. The van der Waals surface area contributed by atoms with Gasteiger partial charge in [-0.25, -0.2) is 9.78 Å². The molecule has 0 saturated carbocycles. The van der Waals surface area contributed by atoms with Crippen LogP contribution in [0.4, 0.5) is 0 Å². The molecule has 1 aromatic carbocycles. The molecule has 0 N–H and O–H groups in total. The average Bonchev–Trinajstić information content (AvgIpc) is 2.28. The summed E-state index contributed by atoms with van der Waals surface area (Å²) in [4.78, 5) is 15.3. The highest BCUT2D eigenvalue weighted by Gasteiger charge is 2.08. The van der Waals surface area contributed by atoms with Crippen LogP contribution in [0.5, 0.6) is 0 Å². The first-order valence-electron chi connectivity index (χ1n) is 4.35. The van der Waals surface area contributed by atoms with E-state index in [2.05, 4.69) is 25.7 Å². The molecule has 0 aliphatic rings. The third-order valence-electron chi connectivity index (χ3n) is 2.10. The number of nitrogens with zero attached hydrogens (tertiary/aromatic N) is 1. The highest BCUT2D eigenvalue weighted by Crippen LogP contribution is 2.23. The van der Waals surface area contributed by atoms with E-state index < -0.39 is 5.97 Å². The molecular formula is C11H8BrNO2. The Labute approximate surface area is 95.2 Å². The maximum atomic E-state index is 11.3. The number of hydrogen-bond acceptors (Lipinski definition) is 3. The Kier molecular flexibility index (Phi) is 2.68. The number of hydrogen-bond donors (Lipinski definition) is 0. The van der Waals surface area contributed by atoms with Crippen LogP contribution < -0.4 is 0 Å². The molecule has 0 atom stereocenters. The molecule has 0 unspecified atom stereocenters. The lowest BCUT2D eigenvalue weighted by Crippen LogP contribution is -2.03. The first kappa shape index (κ1) is 10.1. The largest absolute Gasteiger partial charge is 0.464 e. The second-order valence-corrected chi connectivity index (χ2v) is 3.88. The number of halogens is 1. The summed E-state index contributed by atoms with van der Waals surface area (Å²) in [5, 5.41) is 1.94. The third-order valence-corrected chi connectivity index (χ3v) is 2.80. The number of methoxy groups -OCH3 is 1. The molecule has 0 aliphatic carbocycles. The molecule has 0 radical (unpaired) electrons. The highest BCUT2D eigenvalue weighted by atomic mass is 79.9. The summed E-state index contributed by atoms with van der Waals surface area (Å²) in [6.45, 7) is 0. The summed E-state index contributed by atoms with van der Waals surface area (Å²) in [6.07, 6.45) is 1.66.